The molecular formula is C12H9BrFN3S. The van der Waals surface area contributed by atoms with E-state index in [1.165, 1.54) is 11.8 Å². The van der Waals surface area contributed by atoms with E-state index in [9.17, 15) is 4.39 Å². The number of halogens is 2. The number of hydrogen-bond donors (Lipinski definition) is 2. The molecule has 92 valence electrons. The van der Waals surface area contributed by atoms with Crippen molar-refractivity contribution in [2.24, 2.45) is 5.73 Å². The van der Waals surface area contributed by atoms with Gasteiger partial charge in [0.15, 0.2) is 5.82 Å². The second-order valence-electron chi connectivity index (χ2n) is 3.44. The van der Waals surface area contributed by atoms with Crippen molar-refractivity contribution >= 4 is 33.5 Å². The van der Waals surface area contributed by atoms with Crippen molar-refractivity contribution in [3.8, 4) is 0 Å². The number of benzene rings is 1. The lowest BCUT2D eigenvalue weighted by molar-refractivity contribution is 0.594. The molecule has 0 aliphatic carbocycles. The summed E-state index contributed by atoms with van der Waals surface area (Å²) in [5.74, 6) is -0.578. The lowest BCUT2D eigenvalue weighted by Gasteiger charge is -2.08. The number of pyridine rings is 1. The quantitative estimate of drug-likeness (QED) is 0.671. The first-order valence-corrected chi connectivity index (χ1v) is 6.61. The Morgan fingerprint density at radius 1 is 1.28 bits per heavy atom. The average Bonchev–Trinajstić information content (AvgIpc) is 2.36. The van der Waals surface area contributed by atoms with E-state index in [-0.39, 0.29) is 10.3 Å². The molecule has 0 bridgehead atoms. The van der Waals surface area contributed by atoms with Crippen molar-refractivity contribution in [3.63, 3.8) is 0 Å². The lowest BCUT2D eigenvalue weighted by Crippen LogP contribution is -2.12. The Hall–Kier alpha value is -1.40. The number of hydrogen-bond acceptors (Lipinski definition) is 3. The van der Waals surface area contributed by atoms with E-state index in [0.29, 0.717) is 10.5 Å². The molecule has 6 heteroatoms. The van der Waals surface area contributed by atoms with Crippen molar-refractivity contribution in [3.05, 3.63) is 52.5 Å². The van der Waals surface area contributed by atoms with Crippen LogP contribution in [0.1, 0.15) is 5.56 Å². The summed E-state index contributed by atoms with van der Waals surface area (Å²) in [5.41, 5.74) is 5.71. The molecule has 18 heavy (non-hydrogen) atoms. The Labute approximate surface area is 116 Å². The summed E-state index contributed by atoms with van der Waals surface area (Å²) in [5, 5.41) is 7.33. The maximum Gasteiger partial charge on any atom is 0.152 e. The summed E-state index contributed by atoms with van der Waals surface area (Å²) in [6.45, 7) is 0. The molecule has 0 aliphatic heterocycles. The zero-order chi connectivity index (χ0) is 13.1. The Morgan fingerprint density at radius 2 is 1.94 bits per heavy atom. The third kappa shape index (κ3) is 2.70. The molecule has 2 rings (SSSR count). The predicted molar refractivity (Wildman–Crippen MR) is 73.5 cm³/mol. The van der Waals surface area contributed by atoms with Gasteiger partial charge in [0.1, 0.15) is 5.84 Å². The Kier molecular flexibility index (Phi) is 3.98. The monoisotopic (exact) mass is 325 g/mol. The largest absolute Gasteiger partial charge is 0.384 e. The number of nitrogens with zero attached hydrogens (tertiary/aromatic N) is 1. The van der Waals surface area contributed by atoms with Gasteiger partial charge in [-0.05, 0) is 40.2 Å². The van der Waals surface area contributed by atoms with Crippen molar-refractivity contribution in [1.82, 2.24) is 4.98 Å². The minimum absolute atomic E-state index is 0.166. The summed E-state index contributed by atoms with van der Waals surface area (Å²) >= 11 is 4.42. The van der Waals surface area contributed by atoms with Gasteiger partial charge in [0.25, 0.3) is 0 Å². The van der Waals surface area contributed by atoms with Crippen LogP contribution in [0.2, 0.25) is 0 Å². The highest BCUT2D eigenvalue weighted by molar-refractivity contribution is 9.10. The summed E-state index contributed by atoms with van der Waals surface area (Å²) < 4.78 is 14.3. The highest BCUT2D eigenvalue weighted by Crippen LogP contribution is 2.34. The molecular weight excluding hydrogens is 317 g/mol. The molecule has 0 fully saturated rings. The van der Waals surface area contributed by atoms with Crippen LogP contribution < -0.4 is 5.73 Å². The van der Waals surface area contributed by atoms with Gasteiger partial charge in [0.2, 0.25) is 0 Å². The zero-order valence-electron chi connectivity index (χ0n) is 9.15. The van der Waals surface area contributed by atoms with Gasteiger partial charge >= 0.3 is 0 Å². The fourth-order valence-corrected chi connectivity index (χ4v) is 2.88. The van der Waals surface area contributed by atoms with Crippen LogP contribution in [-0.4, -0.2) is 10.8 Å². The van der Waals surface area contributed by atoms with E-state index >= 15 is 0 Å². The first-order chi connectivity index (χ1) is 8.59. The van der Waals surface area contributed by atoms with Gasteiger partial charge in [-0.2, -0.15) is 0 Å². The van der Waals surface area contributed by atoms with Gasteiger partial charge in [-0.3, -0.25) is 10.4 Å². The number of amidine groups is 1. The van der Waals surface area contributed by atoms with E-state index in [4.69, 9.17) is 11.1 Å². The maximum atomic E-state index is 14.1. The van der Waals surface area contributed by atoms with Crippen LogP contribution in [0.25, 0.3) is 0 Å². The molecule has 3 N–H and O–H groups in total. The van der Waals surface area contributed by atoms with Crippen molar-refractivity contribution in [1.29, 1.82) is 5.41 Å². The first kappa shape index (κ1) is 13.0. The molecule has 0 amide bonds. The Morgan fingerprint density at radius 3 is 2.56 bits per heavy atom. The number of aromatic nitrogens is 1. The van der Waals surface area contributed by atoms with Crippen LogP contribution in [0.3, 0.4) is 0 Å². The summed E-state index contributed by atoms with van der Waals surface area (Å²) in [6.07, 6.45) is 3.30. The van der Waals surface area contributed by atoms with Crippen molar-refractivity contribution in [2.75, 3.05) is 0 Å². The standard InChI is InChI=1S/C12H9BrFN3S/c13-10-8(12(15)16)1-2-9(11(10)14)18-7-3-5-17-6-4-7/h1-6H,(H3,15,16). The zero-order valence-corrected chi connectivity index (χ0v) is 11.6. The van der Waals surface area contributed by atoms with E-state index < -0.39 is 5.82 Å². The van der Waals surface area contributed by atoms with E-state index in [0.717, 1.165) is 4.90 Å². The van der Waals surface area contributed by atoms with E-state index in [1.807, 2.05) is 0 Å². The number of nitrogens with one attached hydrogen (secondary N) is 1. The Balaban J connectivity index is 2.36. The van der Waals surface area contributed by atoms with Crippen LogP contribution in [-0.2, 0) is 0 Å². The molecule has 0 aliphatic rings. The molecule has 3 nitrogen and oxygen atoms in total. The third-order valence-electron chi connectivity index (χ3n) is 2.21. The van der Waals surface area contributed by atoms with Gasteiger partial charge in [0.05, 0.1) is 4.47 Å². The van der Waals surface area contributed by atoms with Gasteiger partial charge in [-0.1, -0.05) is 11.8 Å². The normalized spacial score (nSPS) is 10.3. The van der Waals surface area contributed by atoms with Gasteiger partial charge in [-0.15, -0.1) is 0 Å². The highest BCUT2D eigenvalue weighted by Gasteiger charge is 2.13. The second kappa shape index (κ2) is 5.49. The van der Waals surface area contributed by atoms with Crippen LogP contribution in [0.5, 0.6) is 0 Å². The van der Waals surface area contributed by atoms with Gasteiger partial charge in [0, 0.05) is 27.7 Å². The SMILES string of the molecule is N=C(N)c1ccc(Sc2ccncc2)c(F)c1Br. The smallest absolute Gasteiger partial charge is 0.152 e. The molecule has 0 spiro atoms. The topological polar surface area (TPSA) is 62.8 Å². The molecule has 0 saturated carbocycles. The van der Waals surface area contributed by atoms with E-state index in [1.54, 1.807) is 36.7 Å². The molecule has 1 aromatic heterocycles. The van der Waals surface area contributed by atoms with Crippen LogP contribution in [0.4, 0.5) is 4.39 Å². The van der Waals surface area contributed by atoms with Gasteiger partial charge < -0.3 is 5.73 Å². The summed E-state index contributed by atoms with van der Waals surface area (Å²) in [4.78, 5) is 5.27. The highest BCUT2D eigenvalue weighted by atomic mass is 79.9. The van der Waals surface area contributed by atoms with Crippen LogP contribution >= 0.6 is 27.7 Å². The Bertz CT molecular complexity index is 589. The number of rotatable bonds is 3. The fourth-order valence-electron chi connectivity index (χ4n) is 1.35. The lowest BCUT2D eigenvalue weighted by atomic mass is 10.2. The first-order valence-electron chi connectivity index (χ1n) is 5.00. The summed E-state index contributed by atoms with van der Waals surface area (Å²) in [6, 6.07) is 6.84. The fraction of sp³-hybridized carbons (Fsp3) is 0. The van der Waals surface area contributed by atoms with Crippen molar-refractivity contribution < 1.29 is 4.39 Å². The number of nitrogens with two attached hydrogens (primary N) is 1. The molecule has 1 aromatic carbocycles. The third-order valence-corrected chi connectivity index (χ3v) is 4.03. The molecule has 0 radical (unpaired) electrons. The molecule has 1 heterocycles. The summed E-state index contributed by atoms with van der Waals surface area (Å²) in [7, 11) is 0. The van der Waals surface area contributed by atoms with Crippen LogP contribution in [0, 0.1) is 11.2 Å². The minimum atomic E-state index is -0.412. The maximum absolute atomic E-state index is 14.1. The molecule has 0 unspecified atom stereocenters. The molecule has 0 atom stereocenters. The van der Waals surface area contributed by atoms with Crippen LogP contribution in [0.15, 0.2) is 50.9 Å². The van der Waals surface area contributed by atoms with Gasteiger partial charge in [-0.25, -0.2) is 4.39 Å². The second-order valence-corrected chi connectivity index (χ2v) is 5.35. The average molecular weight is 326 g/mol. The molecule has 0 saturated heterocycles. The van der Waals surface area contributed by atoms with E-state index in [2.05, 4.69) is 20.9 Å². The van der Waals surface area contributed by atoms with Crippen molar-refractivity contribution in [2.45, 2.75) is 9.79 Å². The molecule has 2 aromatic rings. The number of nitrogen functional groups attached to an aromatic ring is 1. The minimum Gasteiger partial charge on any atom is -0.384 e. The predicted octanol–water partition coefficient (Wildman–Crippen LogP) is 3.42.